The van der Waals surface area contributed by atoms with Gasteiger partial charge >= 0.3 is 0 Å². The minimum Gasteiger partial charge on any atom is -0.310 e. The minimum atomic E-state index is 0.372. The molecule has 0 saturated carbocycles. The van der Waals surface area contributed by atoms with Gasteiger partial charge < -0.3 is 9.80 Å². The van der Waals surface area contributed by atoms with Crippen molar-refractivity contribution in [1.82, 2.24) is 15.0 Å². The third-order valence-corrected chi connectivity index (χ3v) is 15.1. The van der Waals surface area contributed by atoms with Crippen LogP contribution in [0.5, 0.6) is 0 Å². The monoisotopic (exact) mass is 936 g/mol. The van der Waals surface area contributed by atoms with E-state index in [9.17, 15) is 0 Å². The quantitative estimate of drug-likeness (QED) is 0.105. The molecule has 0 fully saturated rings. The van der Waals surface area contributed by atoms with Gasteiger partial charge in [0.2, 0.25) is 0 Å². The molecule has 0 aliphatic heterocycles. The summed E-state index contributed by atoms with van der Waals surface area (Å²) in [4.78, 5) is 6.34. The van der Waals surface area contributed by atoms with Crippen molar-refractivity contribution >= 4 is 125 Å². The van der Waals surface area contributed by atoms with Crippen molar-refractivity contribution in [2.75, 3.05) is 15.2 Å². The first-order chi connectivity index (χ1) is 34.6. The molecular formula is C60H40N8S2. The number of thiophene rings is 2. The SMILES string of the molecule is N=C1C=CC=C/C1=N/Nc1ccc(N(c2ccc(-c3ccc(N(c4ccc(-n5nc6ccccc6n5)cc4)c4ccc5sc6ccccc6c5c4)cc3)cc2)c2ccc3sc4ccccc4c3c2)cc1. The Balaban J connectivity index is 0.840. The first-order valence-corrected chi connectivity index (χ1v) is 24.6. The summed E-state index contributed by atoms with van der Waals surface area (Å²) in [5, 5.41) is 27.2. The number of nitrogens with zero attached hydrogens (tertiary/aromatic N) is 6. The maximum atomic E-state index is 8.21. The normalized spacial score (nSPS) is 13.1. The van der Waals surface area contributed by atoms with E-state index in [0.29, 0.717) is 11.4 Å². The van der Waals surface area contributed by atoms with Crippen LogP contribution >= 0.6 is 22.7 Å². The zero-order chi connectivity index (χ0) is 46.5. The molecule has 332 valence electrons. The lowest BCUT2D eigenvalue weighted by Crippen LogP contribution is -2.12. The molecule has 0 unspecified atom stereocenters. The Labute approximate surface area is 411 Å². The van der Waals surface area contributed by atoms with Crippen molar-refractivity contribution in [2.24, 2.45) is 5.10 Å². The van der Waals surface area contributed by atoms with Gasteiger partial charge in [-0.1, -0.05) is 84.9 Å². The number of rotatable bonds is 10. The number of fused-ring (bicyclic) bond motifs is 7. The Morgan fingerprint density at radius 2 is 0.857 bits per heavy atom. The molecule has 70 heavy (non-hydrogen) atoms. The molecule has 2 N–H and O–H groups in total. The van der Waals surface area contributed by atoms with Crippen molar-refractivity contribution in [3.05, 3.63) is 231 Å². The number of aromatic nitrogens is 3. The second-order valence-corrected chi connectivity index (χ2v) is 19.3. The van der Waals surface area contributed by atoms with E-state index in [-0.39, 0.29) is 0 Å². The number of anilines is 7. The van der Waals surface area contributed by atoms with Crippen LogP contribution in [0.3, 0.4) is 0 Å². The molecule has 9 aromatic carbocycles. The number of hydrogen-bond acceptors (Lipinski definition) is 9. The number of benzene rings is 9. The summed E-state index contributed by atoms with van der Waals surface area (Å²) >= 11 is 3.65. The number of hydrazone groups is 1. The van der Waals surface area contributed by atoms with E-state index in [4.69, 9.17) is 15.6 Å². The highest BCUT2D eigenvalue weighted by atomic mass is 32.1. The van der Waals surface area contributed by atoms with Crippen molar-refractivity contribution in [3.8, 4) is 16.8 Å². The maximum Gasteiger partial charge on any atom is 0.113 e. The highest BCUT2D eigenvalue weighted by molar-refractivity contribution is 7.26. The predicted molar refractivity (Wildman–Crippen MR) is 297 cm³/mol. The second-order valence-electron chi connectivity index (χ2n) is 17.1. The molecule has 3 aromatic heterocycles. The van der Waals surface area contributed by atoms with E-state index in [1.807, 2.05) is 77.3 Å². The fraction of sp³-hybridized carbons (Fsp3) is 0. The van der Waals surface area contributed by atoms with Gasteiger partial charge in [0.25, 0.3) is 0 Å². The van der Waals surface area contributed by atoms with Crippen LogP contribution in [0, 0.1) is 5.41 Å². The molecule has 12 aromatic rings. The summed E-state index contributed by atoms with van der Waals surface area (Å²) < 4.78 is 5.09. The van der Waals surface area contributed by atoms with E-state index < -0.39 is 0 Å². The molecule has 1 aliphatic carbocycles. The standard InChI is InChI=1S/C60H40N8S2/c61-53-11-3-4-12-54(53)63-62-41-21-27-44(28-22-41)66(47-33-35-59-51(37-47)49-9-1-7-15-57(49)69-59)42-23-17-39(18-24-42)40-19-25-43(26-20-40)67(48-34-36-60-52(38-48)50-10-2-8-16-58(50)70-60)45-29-31-46(32-30-45)68-64-55-13-5-6-14-56(55)65-68/h1-38,61-62H/b61-53?,63-54-. The van der Waals surface area contributed by atoms with Gasteiger partial charge in [0.15, 0.2) is 0 Å². The van der Waals surface area contributed by atoms with Crippen molar-refractivity contribution in [2.45, 2.75) is 0 Å². The van der Waals surface area contributed by atoms with E-state index in [2.05, 4.69) is 190 Å². The summed E-state index contributed by atoms with van der Waals surface area (Å²) in [7, 11) is 0. The third kappa shape index (κ3) is 7.57. The van der Waals surface area contributed by atoms with Crippen molar-refractivity contribution in [3.63, 3.8) is 0 Å². The van der Waals surface area contributed by atoms with Gasteiger partial charge in [0.05, 0.1) is 17.1 Å². The van der Waals surface area contributed by atoms with E-state index in [1.165, 1.54) is 40.3 Å². The summed E-state index contributed by atoms with van der Waals surface area (Å²) in [6.45, 7) is 0. The number of allylic oxidation sites excluding steroid dienone is 4. The molecule has 1 aliphatic rings. The van der Waals surface area contributed by atoms with Gasteiger partial charge in [-0.05, 0) is 157 Å². The van der Waals surface area contributed by atoms with Gasteiger partial charge in [0.1, 0.15) is 16.7 Å². The van der Waals surface area contributed by atoms with Crippen LogP contribution < -0.4 is 15.2 Å². The number of nitrogens with one attached hydrogen (secondary N) is 2. The largest absolute Gasteiger partial charge is 0.310 e. The van der Waals surface area contributed by atoms with Crippen LogP contribution in [0.25, 0.3) is 68.2 Å². The highest BCUT2D eigenvalue weighted by Gasteiger charge is 2.18. The maximum absolute atomic E-state index is 8.21. The molecule has 0 saturated heterocycles. The molecule has 0 spiro atoms. The van der Waals surface area contributed by atoms with Gasteiger partial charge in [-0.15, -0.1) is 32.9 Å². The van der Waals surface area contributed by atoms with E-state index >= 15 is 0 Å². The molecule has 0 bridgehead atoms. The Kier molecular flexibility index (Phi) is 10.2. The molecule has 8 nitrogen and oxygen atoms in total. The predicted octanol–water partition coefficient (Wildman–Crippen LogP) is 16.7. The molecule has 0 atom stereocenters. The average molecular weight is 937 g/mol. The molecule has 0 amide bonds. The van der Waals surface area contributed by atoms with Crippen LogP contribution in [-0.2, 0) is 0 Å². The Hall–Kier alpha value is -8.96. The van der Waals surface area contributed by atoms with Crippen LogP contribution in [-0.4, -0.2) is 26.4 Å². The fourth-order valence-electron chi connectivity index (χ4n) is 9.30. The summed E-state index contributed by atoms with van der Waals surface area (Å²) in [5.74, 6) is 0. The first-order valence-electron chi connectivity index (χ1n) is 23.0. The number of hydrogen-bond donors (Lipinski definition) is 2. The van der Waals surface area contributed by atoms with Gasteiger partial charge in [0, 0.05) is 74.5 Å². The van der Waals surface area contributed by atoms with E-state index in [1.54, 1.807) is 10.9 Å². The van der Waals surface area contributed by atoms with Crippen LogP contribution in [0.15, 0.2) is 236 Å². The lowest BCUT2D eigenvalue weighted by Gasteiger charge is -2.26. The van der Waals surface area contributed by atoms with Gasteiger partial charge in [-0.25, -0.2) is 0 Å². The fourth-order valence-corrected chi connectivity index (χ4v) is 11.5. The smallest absolute Gasteiger partial charge is 0.113 e. The molecule has 0 radical (unpaired) electrons. The zero-order valence-corrected chi connectivity index (χ0v) is 39.1. The highest BCUT2D eigenvalue weighted by Crippen LogP contribution is 2.43. The topological polar surface area (TPSA) is 85.4 Å². The first kappa shape index (κ1) is 41.2. The Bertz CT molecular complexity index is 4020. The van der Waals surface area contributed by atoms with Crippen LogP contribution in [0.2, 0.25) is 0 Å². The molecule has 3 heterocycles. The van der Waals surface area contributed by atoms with Crippen molar-refractivity contribution < 1.29 is 0 Å². The summed E-state index contributed by atoms with van der Waals surface area (Å²) in [5.41, 5.74) is 16.1. The van der Waals surface area contributed by atoms with E-state index in [0.717, 1.165) is 67.7 Å². The Morgan fingerprint density at radius 1 is 0.429 bits per heavy atom. The summed E-state index contributed by atoms with van der Waals surface area (Å²) in [6, 6.07) is 73.2. The molecule has 10 heteroatoms. The average Bonchev–Trinajstić information content (AvgIpc) is 4.13. The van der Waals surface area contributed by atoms with Crippen LogP contribution in [0.4, 0.5) is 39.8 Å². The molecule has 13 rings (SSSR count). The van der Waals surface area contributed by atoms with Gasteiger partial charge in [-0.2, -0.15) is 9.90 Å². The zero-order valence-electron chi connectivity index (χ0n) is 37.4. The second kappa shape index (κ2) is 17.3. The Morgan fingerprint density at radius 3 is 1.37 bits per heavy atom. The van der Waals surface area contributed by atoms with Crippen molar-refractivity contribution in [1.29, 1.82) is 5.41 Å². The lowest BCUT2D eigenvalue weighted by atomic mass is 10.0. The molecular weight excluding hydrogens is 897 g/mol. The summed E-state index contributed by atoms with van der Waals surface area (Å²) in [6.07, 6.45) is 7.30. The lowest BCUT2D eigenvalue weighted by molar-refractivity contribution is 0.766. The van der Waals surface area contributed by atoms with Gasteiger partial charge in [-0.3, -0.25) is 10.8 Å². The third-order valence-electron chi connectivity index (χ3n) is 12.8. The minimum absolute atomic E-state index is 0.372. The van der Waals surface area contributed by atoms with Crippen LogP contribution in [0.1, 0.15) is 0 Å².